The molecule has 28 heavy (non-hydrogen) atoms. The highest BCUT2D eigenvalue weighted by molar-refractivity contribution is 6.21. The monoisotopic (exact) mass is 383 g/mol. The molecule has 2 N–H and O–H groups in total. The van der Waals surface area contributed by atoms with Crippen molar-refractivity contribution in [2.75, 3.05) is 18.4 Å². The average molecular weight is 383 g/mol. The van der Waals surface area contributed by atoms with Crippen LogP contribution < -0.4 is 10.6 Å². The minimum atomic E-state index is -0.466. The molecule has 4 amide bonds. The van der Waals surface area contributed by atoms with Gasteiger partial charge in [0.25, 0.3) is 11.8 Å². The van der Waals surface area contributed by atoms with Crippen molar-refractivity contribution in [2.45, 2.75) is 20.3 Å². The van der Waals surface area contributed by atoms with Gasteiger partial charge < -0.3 is 10.6 Å². The summed E-state index contributed by atoms with van der Waals surface area (Å²) >= 11 is 0. The second-order valence-corrected chi connectivity index (χ2v) is 7.10. The van der Waals surface area contributed by atoms with E-state index in [1.165, 1.54) is 17.0 Å². The summed E-state index contributed by atoms with van der Waals surface area (Å²) in [5.74, 6) is -0.801. The summed E-state index contributed by atoms with van der Waals surface area (Å²) in [4.78, 5) is 38.1. The number of amides is 4. The first kappa shape index (κ1) is 19.5. The van der Waals surface area contributed by atoms with E-state index in [-0.39, 0.29) is 35.7 Å². The molecule has 0 spiro atoms. The normalized spacial score (nSPS) is 13.1. The quantitative estimate of drug-likeness (QED) is 0.750. The number of halogens is 1. The van der Waals surface area contributed by atoms with E-state index in [4.69, 9.17) is 0 Å². The lowest BCUT2D eigenvalue weighted by Crippen LogP contribution is -2.33. The standard InChI is InChI=1S/C21H22FN3O3/c1-13(2)12-25-19(26)16-8-7-15(11-17(16)20(25)27)24-21(28)23-10-9-14-5-3-4-6-18(14)22/h3-8,11,13H,9-10,12H2,1-2H3,(H2,23,24,28). The zero-order valence-corrected chi connectivity index (χ0v) is 15.8. The molecule has 0 atom stereocenters. The number of anilines is 1. The first-order chi connectivity index (χ1) is 13.4. The topological polar surface area (TPSA) is 78.5 Å². The van der Waals surface area contributed by atoms with Gasteiger partial charge in [0.1, 0.15) is 5.82 Å². The summed E-state index contributed by atoms with van der Waals surface area (Å²) in [6.07, 6.45) is 0.363. The molecule has 0 unspecified atom stereocenters. The molecule has 2 aromatic rings. The van der Waals surface area contributed by atoms with Crippen molar-refractivity contribution >= 4 is 23.5 Å². The van der Waals surface area contributed by atoms with E-state index in [0.29, 0.717) is 29.8 Å². The van der Waals surface area contributed by atoms with Gasteiger partial charge in [-0.05, 0) is 42.2 Å². The number of benzene rings is 2. The molecule has 6 nitrogen and oxygen atoms in total. The van der Waals surface area contributed by atoms with Crippen LogP contribution in [0.4, 0.5) is 14.9 Å². The summed E-state index contributed by atoms with van der Waals surface area (Å²) in [5.41, 5.74) is 1.57. The Bertz CT molecular complexity index is 927. The fraction of sp³-hybridized carbons (Fsp3) is 0.286. The molecule has 2 aromatic carbocycles. The van der Waals surface area contributed by atoms with Crippen molar-refractivity contribution < 1.29 is 18.8 Å². The Morgan fingerprint density at radius 3 is 2.50 bits per heavy atom. The predicted octanol–water partition coefficient (Wildman–Crippen LogP) is 3.44. The Morgan fingerprint density at radius 1 is 1.07 bits per heavy atom. The van der Waals surface area contributed by atoms with Crippen molar-refractivity contribution in [1.82, 2.24) is 10.2 Å². The Labute approximate surface area is 162 Å². The number of nitrogens with zero attached hydrogens (tertiary/aromatic N) is 1. The van der Waals surface area contributed by atoms with Crippen LogP contribution in [0.15, 0.2) is 42.5 Å². The number of carbonyl (C=O) groups excluding carboxylic acids is 3. The van der Waals surface area contributed by atoms with Crippen LogP contribution in [0.25, 0.3) is 0 Å². The first-order valence-electron chi connectivity index (χ1n) is 9.15. The Hall–Kier alpha value is -3.22. The third kappa shape index (κ3) is 4.19. The van der Waals surface area contributed by atoms with Crippen LogP contribution in [0.1, 0.15) is 40.1 Å². The molecule has 0 saturated carbocycles. The molecular weight excluding hydrogens is 361 g/mol. The minimum absolute atomic E-state index is 0.167. The Morgan fingerprint density at radius 2 is 1.79 bits per heavy atom. The van der Waals surface area contributed by atoms with Gasteiger partial charge in [-0.1, -0.05) is 32.0 Å². The number of rotatable bonds is 6. The van der Waals surface area contributed by atoms with Gasteiger partial charge in [0.2, 0.25) is 0 Å². The maximum Gasteiger partial charge on any atom is 0.319 e. The predicted molar refractivity (Wildman–Crippen MR) is 104 cm³/mol. The van der Waals surface area contributed by atoms with E-state index < -0.39 is 6.03 Å². The highest BCUT2D eigenvalue weighted by atomic mass is 19.1. The van der Waals surface area contributed by atoms with Crippen molar-refractivity contribution in [3.8, 4) is 0 Å². The zero-order valence-electron chi connectivity index (χ0n) is 15.8. The number of hydrogen-bond acceptors (Lipinski definition) is 3. The lowest BCUT2D eigenvalue weighted by atomic mass is 10.1. The third-order valence-electron chi connectivity index (χ3n) is 4.41. The van der Waals surface area contributed by atoms with Gasteiger partial charge in [-0.25, -0.2) is 9.18 Å². The summed E-state index contributed by atoms with van der Waals surface area (Å²) in [5, 5.41) is 5.29. The second kappa shape index (κ2) is 8.21. The van der Waals surface area contributed by atoms with Crippen molar-refractivity contribution in [1.29, 1.82) is 0 Å². The van der Waals surface area contributed by atoms with Crippen LogP contribution in [0, 0.1) is 11.7 Å². The van der Waals surface area contributed by atoms with Crippen LogP contribution in [0.2, 0.25) is 0 Å². The SMILES string of the molecule is CC(C)CN1C(=O)c2ccc(NC(=O)NCCc3ccccc3F)cc2C1=O. The highest BCUT2D eigenvalue weighted by Gasteiger charge is 2.35. The third-order valence-corrected chi connectivity index (χ3v) is 4.41. The average Bonchev–Trinajstić information content (AvgIpc) is 2.87. The molecule has 146 valence electrons. The smallest absolute Gasteiger partial charge is 0.319 e. The van der Waals surface area contributed by atoms with E-state index in [0.717, 1.165) is 0 Å². The molecule has 0 fully saturated rings. The lowest BCUT2D eigenvalue weighted by Gasteiger charge is -2.15. The second-order valence-electron chi connectivity index (χ2n) is 7.10. The summed E-state index contributed by atoms with van der Waals surface area (Å²) < 4.78 is 13.6. The van der Waals surface area contributed by atoms with Gasteiger partial charge in [0, 0.05) is 18.8 Å². The van der Waals surface area contributed by atoms with E-state index in [1.54, 1.807) is 30.3 Å². The van der Waals surface area contributed by atoms with Gasteiger partial charge in [-0.15, -0.1) is 0 Å². The van der Waals surface area contributed by atoms with Crippen molar-refractivity contribution in [2.24, 2.45) is 5.92 Å². The van der Waals surface area contributed by atoms with Crippen molar-refractivity contribution in [3.63, 3.8) is 0 Å². The maximum atomic E-state index is 13.6. The molecule has 1 aliphatic rings. The van der Waals surface area contributed by atoms with Gasteiger partial charge in [0.05, 0.1) is 11.1 Å². The maximum absolute atomic E-state index is 13.6. The molecule has 0 aromatic heterocycles. The number of hydrogen-bond donors (Lipinski definition) is 2. The van der Waals surface area contributed by atoms with Gasteiger partial charge in [-0.2, -0.15) is 0 Å². The van der Waals surface area contributed by atoms with E-state index in [9.17, 15) is 18.8 Å². The van der Waals surface area contributed by atoms with E-state index >= 15 is 0 Å². The van der Waals surface area contributed by atoms with Crippen LogP contribution in [0.3, 0.4) is 0 Å². The Kier molecular flexibility index (Phi) is 5.73. The fourth-order valence-corrected chi connectivity index (χ4v) is 3.09. The molecule has 1 heterocycles. The minimum Gasteiger partial charge on any atom is -0.338 e. The molecule has 0 aliphatic carbocycles. The van der Waals surface area contributed by atoms with E-state index in [2.05, 4.69) is 10.6 Å². The van der Waals surface area contributed by atoms with Crippen LogP contribution in [0.5, 0.6) is 0 Å². The van der Waals surface area contributed by atoms with E-state index in [1.807, 2.05) is 13.8 Å². The molecule has 1 aliphatic heterocycles. The molecule has 0 bridgehead atoms. The summed E-state index contributed by atoms with van der Waals surface area (Å²) in [6.45, 7) is 4.48. The van der Waals surface area contributed by atoms with Crippen LogP contribution in [-0.2, 0) is 6.42 Å². The van der Waals surface area contributed by atoms with Gasteiger partial charge >= 0.3 is 6.03 Å². The Balaban J connectivity index is 1.60. The number of carbonyl (C=O) groups is 3. The zero-order chi connectivity index (χ0) is 20.3. The fourth-order valence-electron chi connectivity index (χ4n) is 3.09. The van der Waals surface area contributed by atoms with Gasteiger partial charge in [0.15, 0.2) is 0 Å². The number of imide groups is 1. The molecule has 0 radical (unpaired) electrons. The summed E-state index contributed by atoms with van der Waals surface area (Å²) in [6, 6.07) is 10.6. The molecule has 7 heteroatoms. The van der Waals surface area contributed by atoms with Crippen molar-refractivity contribution in [3.05, 3.63) is 65.0 Å². The van der Waals surface area contributed by atoms with Crippen LogP contribution in [-0.4, -0.2) is 35.8 Å². The molecular formula is C21H22FN3O3. The molecule has 3 rings (SSSR count). The number of urea groups is 1. The number of fused-ring (bicyclic) bond motifs is 1. The summed E-state index contributed by atoms with van der Waals surface area (Å²) in [7, 11) is 0. The highest BCUT2D eigenvalue weighted by Crippen LogP contribution is 2.26. The molecule has 0 saturated heterocycles. The lowest BCUT2D eigenvalue weighted by molar-refractivity contribution is 0.0636. The first-order valence-corrected chi connectivity index (χ1v) is 9.15. The van der Waals surface area contributed by atoms with Crippen LogP contribution >= 0.6 is 0 Å². The number of nitrogens with one attached hydrogen (secondary N) is 2. The largest absolute Gasteiger partial charge is 0.338 e. The van der Waals surface area contributed by atoms with Gasteiger partial charge in [-0.3, -0.25) is 14.5 Å².